The summed E-state index contributed by atoms with van der Waals surface area (Å²) >= 11 is 0. The van der Waals surface area contributed by atoms with E-state index in [2.05, 4.69) is 160 Å². The third-order valence-electron chi connectivity index (χ3n) is 18.2. The molecule has 8 fully saturated rings. The summed E-state index contributed by atoms with van der Waals surface area (Å²) < 4.78 is 0. The molecule has 64 heavy (non-hydrogen) atoms. The highest BCUT2D eigenvalue weighted by Crippen LogP contribution is 2.63. The fourth-order valence-electron chi connectivity index (χ4n) is 15.5. The van der Waals surface area contributed by atoms with E-state index >= 15 is 0 Å². The van der Waals surface area contributed by atoms with Gasteiger partial charge in [0, 0.05) is 11.1 Å². The number of rotatable bonds is 8. The maximum absolute atomic E-state index is 5.78. The van der Waals surface area contributed by atoms with Crippen LogP contribution in [-0.4, -0.2) is 4.98 Å². The minimum atomic E-state index is 0.0565. The van der Waals surface area contributed by atoms with E-state index in [-0.39, 0.29) is 10.8 Å². The Morgan fingerprint density at radius 1 is 0.422 bits per heavy atom. The van der Waals surface area contributed by atoms with Crippen molar-refractivity contribution in [2.45, 2.75) is 180 Å². The van der Waals surface area contributed by atoms with Crippen molar-refractivity contribution < 1.29 is 0 Å². The van der Waals surface area contributed by atoms with Crippen LogP contribution in [0.1, 0.15) is 192 Å². The van der Waals surface area contributed by atoms with Crippen LogP contribution < -0.4 is 0 Å². The molecule has 0 unspecified atom stereocenters. The van der Waals surface area contributed by atoms with E-state index in [9.17, 15) is 0 Å². The molecule has 1 heteroatoms. The van der Waals surface area contributed by atoms with Crippen LogP contribution in [0.3, 0.4) is 0 Å². The van der Waals surface area contributed by atoms with E-state index in [1.807, 2.05) is 0 Å². The van der Waals surface area contributed by atoms with Crippen molar-refractivity contribution in [3.63, 3.8) is 0 Å². The first-order valence-electron chi connectivity index (χ1n) is 26.0. The maximum Gasteiger partial charge on any atom is 0.0715 e. The number of aromatic nitrogens is 1. The van der Waals surface area contributed by atoms with Crippen LogP contribution in [-0.2, 0) is 21.7 Å². The average molecular weight is 848 g/mol. The molecule has 0 N–H and O–H groups in total. The highest BCUT2D eigenvalue weighted by Gasteiger charge is 2.53. The zero-order chi connectivity index (χ0) is 44.5. The van der Waals surface area contributed by atoms with Crippen LogP contribution in [0.25, 0.3) is 44.8 Å². The second-order valence-corrected chi connectivity index (χ2v) is 25.8. The van der Waals surface area contributed by atoms with Gasteiger partial charge in [-0.2, -0.15) is 0 Å². The largest absolute Gasteiger partial charge is 0.248 e. The van der Waals surface area contributed by atoms with Gasteiger partial charge < -0.3 is 0 Å². The number of hydrogen-bond donors (Lipinski definition) is 0. The normalized spacial score (nSPS) is 29.4. The Morgan fingerprint density at radius 2 is 0.766 bits per heavy atom. The molecule has 0 amide bonds. The zero-order valence-corrected chi connectivity index (χ0v) is 41.2. The molecule has 0 aliphatic heterocycles. The van der Waals surface area contributed by atoms with Crippen LogP contribution in [0.15, 0.2) is 91.0 Å². The fraction of sp³-hybridized carbons (Fsp3) is 0.540. The molecule has 0 atom stereocenters. The third-order valence-corrected chi connectivity index (χ3v) is 18.2. The molecule has 5 aromatic rings. The molecule has 8 aliphatic rings. The van der Waals surface area contributed by atoms with Crippen molar-refractivity contribution in [1.82, 2.24) is 4.98 Å². The Balaban J connectivity index is 1.06. The summed E-state index contributed by atoms with van der Waals surface area (Å²) in [5.74, 6) is 6.34. The average Bonchev–Trinajstić information content (AvgIpc) is 3.24. The monoisotopic (exact) mass is 848 g/mol. The van der Waals surface area contributed by atoms with Gasteiger partial charge in [-0.3, -0.25) is 0 Å². The van der Waals surface area contributed by atoms with Gasteiger partial charge in [0.25, 0.3) is 0 Å². The minimum absolute atomic E-state index is 0.0565. The van der Waals surface area contributed by atoms with Gasteiger partial charge in [0.05, 0.1) is 11.4 Å². The summed E-state index contributed by atoms with van der Waals surface area (Å²) in [5, 5.41) is 0. The predicted octanol–water partition coefficient (Wildman–Crippen LogP) is 17.5. The number of nitrogens with zero attached hydrogens (tertiary/aromatic N) is 1. The van der Waals surface area contributed by atoms with Crippen molar-refractivity contribution in [1.29, 1.82) is 0 Å². The van der Waals surface area contributed by atoms with Gasteiger partial charge >= 0.3 is 0 Å². The first-order chi connectivity index (χ1) is 30.4. The first kappa shape index (κ1) is 42.7. The molecule has 8 bridgehead atoms. The highest BCUT2D eigenvalue weighted by molar-refractivity contribution is 5.87. The lowest BCUT2D eigenvalue weighted by Gasteiger charge is -2.57. The maximum atomic E-state index is 5.78. The number of hydrogen-bond acceptors (Lipinski definition) is 1. The summed E-state index contributed by atoms with van der Waals surface area (Å²) in [6.07, 6.45) is 17.1. The molecule has 13 rings (SSSR count). The second-order valence-electron chi connectivity index (χ2n) is 25.8. The summed E-state index contributed by atoms with van der Waals surface area (Å²) in [6.45, 7) is 23.8. The lowest BCUT2D eigenvalue weighted by molar-refractivity contribution is -0.00534. The van der Waals surface area contributed by atoms with Crippen molar-refractivity contribution in [2.24, 2.45) is 35.5 Å². The van der Waals surface area contributed by atoms with E-state index in [0.717, 1.165) is 46.9 Å². The minimum Gasteiger partial charge on any atom is -0.248 e. The lowest BCUT2D eigenvalue weighted by Crippen LogP contribution is -2.48. The standard InChI is InChI=1S/C63H77N/c1-38(2)46-14-16-54(48-24-50(60(5,6)7)30-52(26-48)62-32-40-18-41(33-62)20-42(19-40)34-62)56(28-46)58-12-11-13-59(64-58)57-29-47(39(3)4)15-17-55(57)49-25-51(61(8,9)10)31-53(27-49)63-35-43-21-44(36-63)23-45(22-43)37-63/h11-17,24-31,38-45H,18-23,32-37H2,1-10H3. The van der Waals surface area contributed by atoms with Crippen LogP contribution in [0.5, 0.6) is 0 Å². The van der Waals surface area contributed by atoms with Crippen LogP contribution in [0.4, 0.5) is 0 Å². The Hall–Kier alpha value is -3.97. The van der Waals surface area contributed by atoms with E-state index in [1.165, 1.54) is 133 Å². The first-order valence-corrected chi connectivity index (χ1v) is 26.0. The lowest BCUT2D eigenvalue weighted by atomic mass is 9.48. The van der Waals surface area contributed by atoms with Crippen LogP contribution >= 0.6 is 0 Å². The molecule has 4 aromatic carbocycles. The summed E-state index contributed by atoms with van der Waals surface area (Å²) in [6, 6.07) is 37.2. The van der Waals surface area contributed by atoms with Crippen molar-refractivity contribution >= 4 is 0 Å². The highest BCUT2D eigenvalue weighted by atomic mass is 14.7. The van der Waals surface area contributed by atoms with Crippen molar-refractivity contribution in [3.05, 3.63) is 124 Å². The summed E-state index contributed by atoms with van der Waals surface area (Å²) in [7, 11) is 0. The molecule has 1 heterocycles. The Bertz CT molecular complexity index is 2350. The van der Waals surface area contributed by atoms with E-state index < -0.39 is 0 Å². The molecule has 0 spiro atoms. The van der Waals surface area contributed by atoms with Gasteiger partial charge in [-0.1, -0.05) is 136 Å². The summed E-state index contributed by atoms with van der Waals surface area (Å²) in [5.41, 5.74) is 19.8. The number of benzene rings is 4. The van der Waals surface area contributed by atoms with Crippen LogP contribution in [0.2, 0.25) is 0 Å². The molecule has 1 nitrogen and oxygen atoms in total. The SMILES string of the molecule is CC(C)c1ccc(-c2cc(C(C)(C)C)cc(C34CC5CC(CC(C5)C3)C4)c2)c(-c2cccc(-c3cc(C(C)C)ccc3-c3cc(C(C)(C)C)cc(C45CC6CC(CC(C6)C4)C5)c3)n2)c1. The topological polar surface area (TPSA) is 12.9 Å². The van der Waals surface area contributed by atoms with Gasteiger partial charge in [0.2, 0.25) is 0 Å². The molecule has 0 saturated heterocycles. The van der Waals surface area contributed by atoms with Crippen molar-refractivity contribution in [2.75, 3.05) is 0 Å². The molecule has 334 valence electrons. The van der Waals surface area contributed by atoms with E-state index in [1.54, 1.807) is 11.1 Å². The van der Waals surface area contributed by atoms with Gasteiger partial charge in [0.15, 0.2) is 0 Å². The quantitative estimate of drug-likeness (QED) is 0.152. The second kappa shape index (κ2) is 15.3. The zero-order valence-electron chi connectivity index (χ0n) is 41.2. The fourth-order valence-corrected chi connectivity index (χ4v) is 15.5. The molecule has 8 aliphatic carbocycles. The molecular weight excluding hydrogens is 771 g/mol. The van der Waals surface area contributed by atoms with Gasteiger partial charge in [0.1, 0.15) is 0 Å². The Morgan fingerprint density at radius 3 is 1.08 bits per heavy atom. The molecular formula is C63H77N. The number of pyridine rings is 1. The molecule has 1 aromatic heterocycles. The smallest absolute Gasteiger partial charge is 0.0715 e. The molecule has 0 radical (unpaired) electrons. The Kier molecular flexibility index (Phi) is 10.2. The summed E-state index contributed by atoms with van der Waals surface area (Å²) in [4.78, 5) is 5.78. The van der Waals surface area contributed by atoms with Crippen LogP contribution in [0, 0.1) is 35.5 Å². The van der Waals surface area contributed by atoms with Gasteiger partial charge in [-0.25, -0.2) is 4.98 Å². The molecule has 8 saturated carbocycles. The third kappa shape index (κ3) is 7.56. The predicted molar refractivity (Wildman–Crippen MR) is 271 cm³/mol. The van der Waals surface area contributed by atoms with E-state index in [4.69, 9.17) is 4.98 Å². The van der Waals surface area contributed by atoms with Crippen molar-refractivity contribution in [3.8, 4) is 44.8 Å². The van der Waals surface area contributed by atoms with E-state index in [0.29, 0.717) is 22.7 Å². The van der Waals surface area contributed by atoms with Gasteiger partial charge in [-0.05, 0) is 226 Å². The van der Waals surface area contributed by atoms with Gasteiger partial charge in [-0.15, -0.1) is 0 Å². The Labute approximate surface area is 387 Å².